The molecule has 7 nitrogen and oxygen atoms in total. The Bertz CT molecular complexity index is 787. The Morgan fingerprint density at radius 1 is 0.963 bits per heavy atom. The summed E-state index contributed by atoms with van der Waals surface area (Å²) in [6.07, 6.45) is 0.0808. The summed E-state index contributed by atoms with van der Waals surface area (Å²) < 4.78 is 15.9. The molecule has 0 saturated heterocycles. The van der Waals surface area contributed by atoms with Crippen molar-refractivity contribution in [1.29, 1.82) is 0 Å². The number of hydrogen-bond acceptors (Lipinski definition) is 5. The summed E-state index contributed by atoms with van der Waals surface area (Å²) in [6, 6.07) is 11.8. The summed E-state index contributed by atoms with van der Waals surface area (Å²) in [5, 5.41) is 5.29. The van der Waals surface area contributed by atoms with Crippen LogP contribution in [0.4, 0.5) is 5.69 Å². The van der Waals surface area contributed by atoms with Crippen LogP contribution in [0.2, 0.25) is 0 Å². The molecular formula is C20H24N2O5. The van der Waals surface area contributed by atoms with Crippen LogP contribution in [0.15, 0.2) is 42.5 Å². The van der Waals surface area contributed by atoms with Gasteiger partial charge < -0.3 is 24.8 Å². The van der Waals surface area contributed by atoms with Crippen LogP contribution in [0.3, 0.4) is 0 Å². The normalized spacial score (nSPS) is 10.3. The Morgan fingerprint density at radius 3 is 2.22 bits per heavy atom. The summed E-state index contributed by atoms with van der Waals surface area (Å²) in [5.41, 5.74) is 0.993. The van der Waals surface area contributed by atoms with Gasteiger partial charge in [-0.3, -0.25) is 9.59 Å². The molecule has 27 heavy (non-hydrogen) atoms. The zero-order valence-corrected chi connectivity index (χ0v) is 15.9. The minimum Gasteiger partial charge on any atom is -0.493 e. The number of nitrogens with one attached hydrogen (secondary N) is 2. The predicted molar refractivity (Wildman–Crippen MR) is 103 cm³/mol. The first-order valence-electron chi connectivity index (χ1n) is 8.49. The fraction of sp³-hybridized carbons (Fsp3) is 0.300. The average molecular weight is 372 g/mol. The van der Waals surface area contributed by atoms with Crippen LogP contribution in [0.25, 0.3) is 0 Å². The third-order valence-corrected chi connectivity index (χ3v) is 3.57. The van der Waals surface area contributed by atoms with Gasteiger partial charge in [-0.15, -0.1) is 0 Å². The first-order valence-corrected chi connectivity index (χ1v) is 8.49. The number of benzene rings is 2. The van der Waals surface area contributed by atoms with Gasteiger partial charge in [0.2, 0.25) is 5.91 Å². The number of rotatable bonds is 8. The van der Waals surface area contributed by atoms with Gasteiger partial charge in [0.1, 0.15) is 5.75 Å². The molecule has 0 radical (unpaired) electrons. The second kappa shape index (κ2) is 9.47. The van der Waals surface area contributed by atoms with Gasteiger partial charge in [-0.05, 0) is 56.3 Å². The smallest absolute Gasteiger partial charge is 0.251 e. The van der Waals surface area contributed by atoms with E-state index in [2.05, 4.69) is 10.6 Å². The van der Waals surface area contributed by atoms with Gasteiger partial charge in [0, 0.05) is 11.3 Å². The highest BCUT2D eigenvalue weighted by Crippen LogP contribution is 2.27. The Morgan fingerprint density at radius 2 is 1.63 bits per heavy atom. The maximum absolute atomic E-state index is 12.2. The van der Waals surface area contributed by atoms with Crippen molar-refractivity contribution >= 4 is 17.5 Å². The number of hydrogen-bond donors (Lipinski definition) is 2. The highest BCUT2D eigenvalue weighted by molar-refractivity contribution is 5.99. The van der Waals surface area contributed by atoms with Crippen LogP contribution < -0.4 is 24.8 Å². The molecule has 0 fully saturated rings. The fourth-order valence-electron chi connectivity index (χ4n) is 2.33. The Balaban J connectivity index is 1.88. The van der Waals surface area contributed by atoms with Gasteiger partial charge in [-0.2, -0.15) is 0 Å². The summed E-state index contributed by atoms with van der Waals surface area (Å²) >= 11 is 0. The monoisotopic (exact) mass is 372 g/mol. The number of ether oxygens (including phenoxy) is 3. The molecule has 2 N–H and O–H groups in total. The Labute approximate surface area is 158 Å². The van der Waals surface area contributed by atoms with E-state index in [0.29, 0.717) is 22.7 Å². The van der Waals surface area contributed by atoms with Crippen LogP contribution in [0.1, 0.15) is 24.2 Å². The molecular weight excluding hydrogens is 348 g/mol. The lowest BCUT2D eigenvalue weighted by atomic mass is 10.2. The van der Waals surface area contributed by atoms with E-state index in [1.165, 1.54) is 14.2 Å². The molecule has 0 unspecified atom stereocenters. The summed E-state index contributed by atoms with van der Waals surface area (Å²) in [5.74, 6) is 0.980. The molecule has 7 heteroatoms. The lowest BCUT2D eigenvalue weighted by molar-refractivity contribution is -0.115. The van der Waals surface area contributed by atoms with Crippen LogP contribution >= 0.6 is 0 Å². The van der Waals surface area contributed by atoms with E-state index < -0.39 is 0 Å². The SMILES string of the molecule is COc1ccc(C(=O)NCC(=O)Nc2ccc(OC(C)C)cc2)cc1OC. The van der Waals surface area contributed by atoms with Gasteiger partial charge in [-0.25, -0.2) is 0 Å². The topological polar surface area (TPSA) is 85.9 Å². The highest BCUT2D eigenvalue weighted by Gasteiger charge is 2.12. The van der Waals surface area contributed by atoms with Crippen molar-refractivity contribution in [1.82, 2.24) is 5.32 Å². The Kier molecular flexibility index (Phi) is 7.05. The van der Waals surface area contributed by atoms with Crippen LogP contribution in [-0.2, 0) is 4.79 Å². The number of methoxy groups -OCH3 is 2. The van der Waals surface area contributed by atoms with Crippen LogP contribution in [0.5, 0.6) is 17.2 Å². The molecule has 0 aromatic heterocycles. The van der Waals surface area contributed by atoms with E-state index >= 15 is 0 Å². The summed E-state index contributed by atoms with van der Waals surface area (Å²) in [4.78, 5) is 24.2. The largest absolute Gasteiger partial charge is 0.493 e. The van der Waals surface area contributed by atoms with Crippen molar-refractivity contribution in [3.05, 3.63) is 48.0 Å². The van der Waals surface area contributed by atoms with Crippen molar-refractivity contribution in [2.45, 2.75) is 20.0 Å². The van der Waals surface area contributed by atoms with Crippen molar-refractivity contribution in [2.75, 3.05) is 26.1 Å². The summed E-state index contributed by atoms with van der Waals surface area (Å²) in [7, 11) is 3.01. The van der Waals surface area contributed by atoms with E-state index in [-0.39, 0.29) is 24.5 Å². The van der Waals surface area contributed by atoms with Gasteiger partial charge in [0.25, 0.3) is 5.91 Å². The molecule has 2 amide bonds. The molecule has 0 spiro atoms. The maximum Gasteiger partial charge on any atom is 0.251 e. The molecule has 0 aliphatic heterocycles. The summed E-state index contributed by atoms with van der Waals surface area (Å²) in [6.45, 7) is 3.73. The third kappa shape index (κ3) is 5.91. The molecule has 0 aliphatic carbocycles. The van der Waals surface area contributed by atoms with E-state index in [4.69, 9.17) is 14.2 Å². The maximum atomic E-state index is 12.2. The number of anilines is 1. The van der Waals surface area contributed by atoms with Gasteiger partial charge in [0.15, 0.2) is 11.5 Å². The lowest BCUT2D eigenvalue weighted by Gasteiger charge is -2.11. The average Bonchev–Trinajstić information content (AvgIpc) is 2.66. The van der Waals surface area contributed by atoms with Crippen LogP contribution in [0, 0.1) is 0 Å². The third-order valence-electron chi connectivity index (χ3n) is 3.57. The van der Waals surface area contributed by atoms with Crippen LogP contribution in [-0.4, -0.2) is 38.7 Å². The first kappa shape index (κ1) is 20.1. The molecule has 2 rings (SSSR count). The molecule has 0 aliphatic rings. The fourth-order valence-corrected chi connectivity index (χ4v) is 2.33. The van der Waals surface area contributed by atoms with E-state index in [1.807, 2.05) is 13.8 Å². The molecule has 2 aromatic rings. The van der Waals surface area contributed by atoms with E-state index in [1.54, 1.807) is 42.5 Å². The van der Waals surface area contributed by atoms with Gasteiger partial charge in [0.05, 0.1) is 26.9 Å². The highest BCUT2D eigenvalue weighted by atomic mass is 16.5. The predicted octanol–water partition coefficient (Wildman–Crippen LogP) is 2.86. The number of carbonyl (C=O) groups excluding carboxylic acids is 2. The minimum atomic E-state index is -0.383. The number of amides is 2. The van der Waals surface area contributed by atoms with Crippen molar-refractivity contribution in [3.63, 3.8) is 0 Å². The second-order valence-corrected chi connectivity index (χ2v) is 5.99. The standard InChI is InChI=1S/C20H24N2O5/c1-13(2)27-16-8-6-15(7-9-16)22-19(23)12-21-20(24)14-5-10-17(25-3)18(11-14)26-4/h5-11,13H,12H2,1-4H3,(H,21,24)(H,22,23). The first-order chi connectivity index (χ1) is 12.9. The zero-order valence-electron chi connectivity index (χ0n) is 15.9. The molecule has 0 heterocycles. The van der Waals surface area contributed by atoms with Crippen molar-refractivity contribution < 1.29 is 23.8 Å². The zero-order chi connectivity index (χ0) is 19.8. The van der Waals surface area contributed by atoms with E-state index in [0.717, 1.165) is 5.75 Å². The Hall–Kier alpha value is -3.22. The molecule has 0 bridgehead atoms. The van der Waals surface area contributed by atoms with Crippen molar-refractivity contribution in [3.8, 4) is 17.2 Å². The van der Waals surface area contributed by atoms with Gasteiger partial charge >= 0.3 is 0 Å². The van der Waals surface area contributed by atoms with E-state index in [9.17, 15) is 9.59 Å². The van der Waals surface area contributed by atoms with Crippen molar-refractivity contribution in [2.24, 2.45) is 0 Å². The van der Waals surface area contributed by atoms with Gasteiger partial charge in [-0.1, -0.05) is 0 Å². The number of carbonyl (C=O) groups is 2. The lowest BCUT2D eigenvalue weighted by Crippen LogP contribution is -2.32. The quantitative estimate of drug-likeness (QED) is 0.744. The molecule has 144 valence electrons. The molecule has 0 atom stereocenters. The molecule has 2 aromatic carbocycles. The second-order valence-electron chi connectivity index (χ2n) is 5.99. The minimum absolute atomic E-state index is 0.0808. The molecule has 0 saturated carbocycles.